The van der Waals surface area contributed by atoms with Gasteiger partial charge in [-0.3, -0.25) is 20.8 Å². The number of benzene rings is 1. The molecule has 1 amide bonds. The van der Waals surface area contributed by atoms with Crippen LogP contribution in [-0.4, -0.2) is 28.3 Å². The van der Waals surface area contributed by atoms with Crippen molar-refractivity contribution in [1.29, 1.82) is 0 Å². The number of hydrogen-bond acceptors (Lipinski definition) is 5. The molecule has 1 aromatic rings. The maximum absolute atomic E-state index is 12.7. The van der Waals surface area contributed by atoms with Crippen molar-refractivity contribution in [2.45, 2.75) is 32.7 Å². The van der Waals surface area contributed by atoms with Crippen LogP contribution in [0.4, 0.5) is 11.4 Å². The molecule has 0 aromatic heterocycles. The number of nitrogen functional groups attached to an aromatic ring is 1. The Hall–Kier alpha value is -2.15. The van der Waals surface area contributed by atoms with Crippen LogP contribution >= 0.6 is 0 Å². The zero-order valence-corrected chi connectivity index (χ0v) is 12.2. The highest BCUT2D eigenvalue weighted by Crippen LogP contribution is 2.28. The fraction of sp³-hybridized carbons (Fsp3) is 0.500. The van der Waals surface area contributed by atoms with E-state index in [9.17, 15) is 14.9 Å². The minimum Gasteiger partial charge on any atom is -0.336 e. The number of hydrogen-bond donors (Lipinski definition) is 2. The Balaban J connectivity index is 2.33. The van der Waals surface area contributed by atoms with Crippen LogP contribution in [-0.2, 0) is 0 Å². The number of nitrogens with one attached hydrogen (secondary N) is 1. The number of nitrogens with two attached hydrogens (primary N) is 1. The number of non-ortho nitro benzene ring substituents is 1. The highest BCUT2D eigenvalue weighted by atomic mass is 16.6. The predicted octanol–water partition coefficient (Wildman–Crippen LogP) is 2.14. The molecule has 2 atom stereocenters. The van der Waals surface area contributed by atoms with Crippen LogP contribution in [0.5, 0.6) is 0 Å². The molecule has 114 valence electrons. The number of anilines is 1. The maximum Gasteiger partial charge on any atom is 0.270 e. The van der Waals surface area contributed by atoms with Crippen molar-refractivity contribution in [3.63, 3.8) is 0 Å². The van der Waals surface area contributed by atoms with Crippen LogP contribution in [0, 0.1) is 16.0 Å². The molecule has 1 heterocycles. The molecule has 7 nitrogen and oxygen atoms in total. The molecule has 2 rings (SSSR count). The molecule has 0 aliphatic carbocycles. The SMILES string of the molecule is CC1CCN(C(=O)c2cc([N+](=O)[O-])ccc2NN)C(C)C1. The lowest BCUT2D eigenvalue weighted by Gasteiger charge is -2.36. The summed E-state index contributed by atoms with van der Waals surface area (Å²) >= 11 is 0. The van der Waals surface area contributed by atoms with Crippen molar-refractivity contribution in [3.8, 4) is 0 Å². The number of rotatable bonds is 3. The summed E-state index contributed by atoms with van der Waals surface area (Å²) in [7, 11) is 0. The Morgan fingerprint density at radius 2 is 2.19 bits per heavy atom. The van der Waals surface area contributed by atoms with Gasteiger partial charge in [0.25, 0.3) is 11.6 Å². The zero-order chi connectivity index (χ0) is 15.6. The molecule has 7 heteroatoms. The van der Waals surface area contributed by atoms with Crippen LogP contribution in [0.15, 0.2) is 18.2 Å². The summed E-state index contributed by atoms with van der Waals surface area (Å²) in [5.74, 6) is 5.78. The first-order valence-electron chi connectivity index (χ1n) is 7.00. The summed E-state index contributed by atoms with van der Waals surface area (Å²) in [6.07, 6.45) is 1.88. The van der Waals surface area contributed by atoms with E-state index in [-0.39, 0.29) is 23.2 Å². The topological polar surface area (TPSA) is 102 Å². The van der Waals surface area contributed by atoms with E-state index < -0.39 is 4.92 Å². The second-order valence-corrected chi connectivity index (χ2v) is 5.61. The van der Waals surface area contributed by atoms with Crippen LogP contribution in [0.3, 0.4) is 0 Å². The summed E-state index contributed by atoms with van der Waals surface area (Å²) in [5, 5.41) is 10.9. The molecular weight excluding hydrogens is 272 g/mol. The molecule has 0 radical (unpaired) electrons. The quantitative estimate of drug-likeness (QED) is 0.505. The van der Waals surface area contributed by atoms with E-state index in [2.05, 4.69) is 12.3 Å². The molecule has 0 bridgehead atoms. The second-order valence-electron chi connectivity index (χ2n) is 5.61. The monoisotopic (exact) mass is 292 g/mol. The Bertz CT molecular complexity index is 561. The third-order valence-electron chi connectivity index (χ3n) is 4.00. The van der Waals surface area contributed by atoms with Gasteiger partial charge in [-0.15, -0.1) is 0 Å². The molecule has 21 heavy (non-hydrogen) atoms. The number of nitro groups is 1. The zero-order valence-electron chi connectivity index (χ0n) is 12.2. The number of carbonyl (C=O) groups is 1. The lowest BCUT2D eigenvalue weighted by atomic mass is 9.92. The number of carbonyl (C=O) groups excluding carboxylic acids is 1. The lowest BCUT2D eigenvalue weighted by molar-refractivity contribution is -0.384. The number of nitro benzene ring substituents is 1. The normalized spacial score (nSPS) is 22.0. The van der Waals surface area contributed by atoms with Gasteiger partial charge in [0.05, 0.1) is 16.2 Å². The molecule has 1 aromatic carbocycles. The van der Waals surface area contributed by atoms with E-state index in [1.165, 1.54) is 18.2 Å². The maximum atomic E-state index is 12.7. The van der Waals surface area contributed by atoms with E-state index in [0.717, 1.165) is 12.8 Å². The third kappa shape index (κ3) is 3.13. The molecule has 0 saturated carbocycles. The van der Waals surface area contributed by atoms with Crippen molar-refractivity contribution < 1.29 is 9.72 Å². The first-order valence-corrected chi connectivity index (χ1v) is 7.00. The van der Waals surface area contributed by atoms with Crippen molar-refractivity contribution in [1.82, 2.24) is 4.90 Å². The molecule has 1 saturated heterocycles. The fourth-order valence-electron chi connectivity index (χ4n) is 2.81. The van der Waals surface area contributed by atoms with E-state index in [1.807, 2.05) is 6.92 Å². The second kappa shape index (κ2) is 6.09. The molecule has 3 N–H and O–H groups in total. The molecule has 0 spiro atoms. The highest BCUT2D eigenvalue weighted by Gasteiger charge is 2.29. The number of hydrazine groups is 1. The van der Waals surface area contributed by atoms with Crippen LogP contribution in [0.25, 0.3) is 0 Å². The van der Waals surface area contributed by atoms with Gasteiger partial charge in [0.1, 0.15) is 0 Å². The van der Waals surface area contributed by atoms with E-state index in [0.29, 0.717) is 18.2 Å². The van der Waals surface area contributed by atoms with Gasteiger partial charge in [-0.2, -0.15) is 0 Å². The average Bonchev–Trinajstić information content (AvgIpc) is 2.45. The summed E-state index contributed by atoms with van der Waals surface area (Å²) in [4.78, 5) is 24.8. The predicted molar refractivity (Wildman–Crippen MR) is 79.8 cm³/mol. The largest absolute Gasteiger partial charge is 0.336 e. The van der Waals surface area contributed by atoms with Crippen molar-refractivity contribution >= 4 is 17.3 Å². The Labute approximate surface area is 123 Å². The Kier molecular flexibility index (Phi) is 4.42. The minimum atomic E-state index is -0.515. The van der Waals surface area contributed by atoms with Gasteiger partial charge in [0.15, 0.2) is 0 Å². The van der Waals surface area contributed by atoms with Gasteiger partial charge < -0.3 is 10.3 Å². The first-order chi connectivity index (χ1) is 9.93. The van der Waals surface area contributed by atoms with Crippen molar-refractivity contribution in [3.05, 3.63) is 33.9 Å². The average molecular weight is 292 g/mol. The molecule has 1 aliphatic rings. The van der Waals surface area contributed by atoms with E-state index in [4.69, 9.17) is 5.84 Å². The fourth-order valence-corrected chi connectivity index (χ4v) is 2.81. The molecule has 1 aliphatic heterocycles. The third-order valence-corrected chi connectivity index (χ3v) is 4.00. The summed E-state index contributed by atoms with van der Waals surface area (Å²) in [5.41, 5.74) is 2.96. The van der Waals surface area contributed by atoms with Gasteiger partial charge in [-0.1, -0.05) is 6.92 Å². The van der Waals surface area contributed by atoms with Gasteiger partial charge in [-0.05, 0) is 31.7 Å². The van der Waals surface area contributed by atoms with Crippen LogP contribution in [0.1, 0.15) is 37.0 Å². The van der Waals surface area contributed by atoms with Gasteiger partial charge in [-0.25, -0.2) is 0 Å². The van der Waals surface area contributed by atoms with E-state index in [1.54, 1.807) is 4.90 Å². The summed E-state index contributed by atoms with van der Waals surface area (Å²) < 4.78 is 0. The molecule has 1 fully saturated rings. The summed E-state index contributed by atoms with van der Waals surface area (Å²) in [6, 6.07) is 4.18. The van der Waals surface area contributed by atoms with Crippen LogP contribution < -0.4 is 11.3 Å². The van der Waals surface area contributed by atoms with Crippen molar-refractivity contribution in [2.75, 3.05) is 12.0 Å². The minimum absolute atomic E-state index is 0.115. The van der Waals surface area contributed by atoms with Gasteiger partial charge in [0.2, 0.25) is 0 Å². The van der Waals surface area contributed by atoms with Gasteiger partial charge >= 0.3 is 0 Å². The number of piperidine rings is 1. The highest BCUT2D eigenvalue weighted by molar-refractivity contribution is 6.00. The number of amides is 1. The Morgan fingerprint density at radius 1 is 1.48 bits per heavy atom. The van der Waals surface area contributed by atoms with Crippen LogP contribution in [0.2, 0.25) is 0 Å². The number of nitrogens with zero attached hydrogens (tertiary/aromatic N) is 2. The molecular formula is C14H20N4O3. The Morgan fingerprint density at radius 3 is 2.76 bits per heavy atom. The lowest BCUT2D eigenvalue weighted by Crippen LogP contribution is -2.44. The van der Waals surface area contributed by atoms with Crippen molar-refractivity contribution in [2.24, 2.45) is 11.8 Å². The smallest absolute Gasteiger partial charge is 0.270 e. The van der Waals surface area contributed by atoms with E-state index >= 15 is 0 Å². The summed E-state index contributed by atoms with van der Waals surface area (Å²) in [6.45, 7) is 4.83. The standard InChI is InChI=1S/C14H20N4O3/c1-9-5-6-17(10(2)7-9)14(19)12-8-11(18(20)21)3-4-13(12)16-15/h3-4,8-10,16H,5-7,15H2,1-2H3. The van der Waals surface area contributed by atoms with Gasteiger partial charge in [0, 0.05) is 24.7 Å². The number of likely N-dealkylation sites (tertiary alicyclic amines) is 1. The first kappa shape index (κ1) is 15.2. The molecule has 2 unspecified atom stereocenters.